The van der Waals surface area contributed by atoms with Gasteiger partial charge < -0.3 is 9.13 Å². The summed E-state index contributed by atoms with van der Waals surface area (Å²) in [7, 11) is 0. The third-order valence-corrected chi connectivity index (χ3v) is 7.10. The predicted molar refractivity (Wildman–Crippen MR) is 145 cm³/mol. The van der Waals surface area contributed by atoms with Gasteiger partial charge in [0.15, 0.2) is 0 Å². The van der Waals surface area contributed by atoms with E-state index in [2.05, 4.69) is 132 Å². The van der Waals surface area contributed by atoms with Crippen molar-refractivity contribution in [3.8, 4) is 11.4 Å². The van der Waals surface area contributed by atoms with Crippen molar-refractivity contribution < 1.29 is 0 Å². The van der Waals surface area contributed by atoms with Crippen molar-refractivity contribution >= 4 is 43.6 Å². The van der Waals surface area contributed by atoms with Gasteiger partial charge >= 0.3 is 0 Å². The number of aryl methyl sites for hydroxylation is 2. The van der Waals surface area contributed by atoms with Gasteiger partial charge in [-0.05, 0) is 49.7 Å². The molecule has 0 saturated carbocycles. The maximum absolute atomic E-state index is 2.46. The Kier molecular flexibility index (Phi) is 4.01. The van der Waals surface area contributed by atoms with Crippen LogP contribution in [-0.2, 0) is 0 Å². The molecule has 0 aliphatic rings. The zero-order chi connectivity index (χ0) is 22.8. The molecule has 5 aromatic carbocycles. The highest BCUT2D eigenvalue weighted by atomic mass is 15.1. The van der Waals surface area contributed by atoms with Gasteiger partial charge in [0, 0.05) is 27.2 Å². The number of aromatic nitrogens is 2. The zero-order valence-corrected chi connectivity index (χ0v) is 19.3. The Bertz CT molecular complexity index is 1860. The Labute approximate surface area is 198 Å². The second kappa shape index (κ2) is 7.10. The number of para-hydroxylation sites is 4. The van der Waals surface area contributed by atoms with Gasteiger partial charge in [-0.25, -0.2) is 0 Å². The second-order valence-electron chi connectivity index (χ2n) is 9.19. The van der Waals surface area contributed by atoms with E-state index in [9.17, 15) is 0 Å². The Morgan fingerprint density at radius 1 is 0.441 bits per heavy atom. The van der Waals surface area contributed by atoms with Crippen molar-refractivity contribution in [2.24, 2.45) is 0 Å². The van der Waals surface area contributed by atoms with Crippen molar-refractivity contribution in [2.45, 2.75) is 13.8 Å². The number of benzene rings is 5. The second-order valence-corrected chi connectivity index (χ2v) is 9.19. The summed E-state index contributed by atoms with van der Waals surface area (Å²) in [5, 5.41) is 5.13. The number of rotatable bonds is 2. The molecule has 0 fully saturated rings. The molecule has 2 aromatic heterocycles. The van der Waals surface area contributed by atoms with Crippen molar-refractivity contribution in [2.75, 3.05) is 0 Å². The molecular formula is C32H24N2. The fourth-order valence-corrected chi connectivity index (χ4v) is 5.58. The van der Waals surface area contributed by atoms with E-state index >= 15 is 0 Å². The third kappa shape index (κ3) is 2.57. The molecule has 34 heavy (non-hydrogen) atoms. The molecule has 0 aliphatic carbocycles. The quantitative estimate of drug-likeness (QED) is 0.257. The van der Waals surface area contributed by atoms with Gasteiger partial charge in [0.1, 0.15) is 0 Å². The Morgan fingerprint density at radius 3 is 1.71 bits per heavy atom. The summed E-state index contributed by atoms with van der Waals surface area (Å²) >= 11 is 0. The molecule has 2 heteroatoms. The van der Waals surface area contributed by atoms with Crippen LogP contribution in [0.4, 0.5) is 0 Å². The van der Waals surface area contributed by atoms with Crippen LogP contribution in [0.2, 0.25) is 0 Å². The highest BCUT2D eigenvalue weighted by Crippen LogP contribution is 2.40. The molecule has 7 rings (SSSR count). The summed E-state index contributed by atoms with van der Waals surface area (Å²) in [5.41, 5.74) is 9.91. The molecular weight excluding hydrogens is 412 g/mol. The zero-order valence-electron chi connectivity index (χ0n) is 19.3. The Morgan fingerprint density at radius 2 is 1.00 bits per heavy atom. The molecule has 0 atom stereocenters. The van der Waals surface area contributed by atoms with E-state index in [0.717, 1.165) is 0 Å². The van der Waals surface area contributed by atoms with Crippen molar-refractivity contribution in [3.05, 3.63) is 120 Å². The van der Waals surface area contributed by atoms with Gasteiger partial charge in [-0.1, -0.05) is 84.4 Å². The van der Waals surface area contributed by atoms with E-state index in [1.54, 1.807) is 0 Å². The van der Waals surface area contributed by atoms with Crippen LogP contribution in [0, 0.1) is 13.8 Å². The normalized spacial score (nSPS) is 11.8. The van der Waals surface area contributed by atoms with Crippen LogP contribution in [0.25, 0.3) is 55.0 Å². The fourth-order valence-electron chi connectivity index (χ4n) is 5.58. The highest BCUT2D eigenvalue weighted by molar-refractivity contribution is 6.15. The Balaban J connectivity index is 1.72. The SMILES string of the molecule is Cc1ccc(-n2c3ccccc3c3cccc(-n4c5ccccc5c5cccc(C)c54)c32)cc1. The highest BCUT2D eigenvalue weighted by Gasteiger charge is 2.20. The summed E-state index contributed by atoms with van der Waals surface area (Å²) in [6.07, 6.45) is 0. The third-order valence-electron chi connectivity index (χ3n) is 7.10. The summed E-state index contributed by atoms with van der Waals surface area (Å²) in [6.45, 7) is 4.36. The monoisotopic (exact) mass is 436 g/mol. The minimum atomic E-state index is 1.18. The largest absolute Gasteiger partial charge is 0.307 e. The van der Waals surface area contributed by atoms with Gasteiger partial charge in [-0.15, -0.1) is 0 Å². The van der Waals surface area contributed by atoms with Crippen molar-refractivity contribution in [1.82, 2.24) is 9.13 Å². The number of nitrogens with zero attached hydrogens (tertiary/aromatic N) is 2. The Hall–Kier alpha value is -4.30. The minimum Gasteiger partial charge on any atom is -0.307 e. The average Bonchev–Trinajstić information content (AvgIpc) is 3.39. The smallest absolute Gasteiger partial charge is 0.0782 e. The lowest BCUT2D eigenvalue weighted by Crippen LogP contribution is -2.01. The van der Waals surface area contributed by atoms with E-state index in [4.69, 9.17) is 0 Å². The van der Waals surface area contributed by atoms with Gasteiger partial charge in [-0.3, -0.25) is 0 Å². The van der Waals surface area contributed by atoms with Crippen LogP contribution in [0.1, 0.15) is 11.1 Å². The van der Waals surface area contributed by atoms with Crippen LogP contribution in [0.5, 0.6) is 0 Å². The van der Waals surface area contributed by atoms with Crippen LogP contribution in [0.3, 0.4) is 0 Å². The van der Waals surface area contributed by atoms with Crippen molar-refractivity contribution in [1.29, 1.82) is 0 Å². The molecule has 7 aromatic rings. The maximum Gasteiger partial charge on any atom is 0.0782 e. The van der Waals surface area contributed by atoms with E-state index in [0.29, 0.717) is 0 Å². The average molecular weight is 437 g/mol. The molecule has 0 N–H and O–H groups in total. The first kappa shape index (κ1) is 19.2. The van der Waals surface area contributed by atoms with E-state index < -0.39 is 0 Å². The van der Waals surface area contributed by atoms with Crippen LogP contribution < -0.4 is 0 Å². The molecule has 0 spiro atoms. The van der Waals surface area contributed by atoms with Crippen molar-refractivity contribution in [3.63, 3.8) is 0 Å². The van der Waals surface area contributed by atoms with Gasteiger partial charge in [0.05, 0.1) is 27.8 Å². The summed E-state index contributed by atoms with van der Waals surface area (Å²) in [6, 6.07) is 39.7. The maximum atomic E-state index is 2.46. The standard InChI is InChI=1S/C32H24N2/c1-21-17-19-23(20-18-21)33-28-14-5-3-11-25(28)27-13-8-16-30(32(27)33)34-29-15-6-4-10-24(29)26-12-7-9-22(2)31(26)34/h3-20H,1-2H3. The van der Waals surface area contributed by atoms with Crippen LogP contribution >= 0.6 is 0 Å². The number of hydrogen-bond donors (Lipinski definition) is 0. The van der Waals surface area contributed by atoms with Gasteiger partial charge in [0.25, 0.3) is 0 Å². The first-order valence-corrected chi connectivity index (χ1v) is 11.8. The predicted octanol–water partition coefficient (Wildman–Crippen LogP) is 8.50. The summed E-state index contributed by atoms with van der Waals surface area (Å²) < 4.78 is 4.89. The van der Waals surface area contributed by atoms with Gasteiger partial charge in [0.2, 0.25) is 0 Å². The van der Waals surface area contributed by atoms with Gasteiger partial charge in [-0.2, -0.15) is 0 Å². The van der Waals surface area contributed by atoms with E-state index in [1.807, 2.05) is 0 Å². The molecule has 2 heterocycles. The molecule has 2 nitrogen and oxygen atoms in total. The van der Waals surface area contributed by atoms with Crippen LogP contribution in [0.15, 0.2) is 109 Å². The lowest BCUT2D eigenvalue weighted by Gasteiger charge is -2.15. The van der Waals surface area contributed by atoms with E-state index in [-0.39, 0.29) is 0 Å². The number of hydrogen-bond acceptors (Lipinski definition) is 0. The van der Waals surface area contributed by atoms with E-state index in [1.165, 1.54) is 66.1 Å². The lowest BCUT2D eigenvalue weighted by molar-refractivity contribution is 1.12. The molecule has 0 unspecified atom stereocenters. The summed E-state index contributed by atoms with van der Waals surface area (Å²) in [4.78, 5) is 0. The molecule has 0 radical (unpaired) electrons. The molecule has 0 amide bonds. The minimum absolute atomic E-state index is 1.18. The lowest BCUT2D eigenvalue weighted by atomic mass is 10.1. The topological polar surface area (TPSA) is 9.86 Å². The van der Waals surface area contributed by atoms with Crippen LogP contribution in [-0.4, -0.2) is 9.13 Å². The summed E-state index contributed by atoms with van der Waals surface area (Å²) in [5.74, 6) is 0. The molecule has 0 aliphatic heterocycles. The number of fused-ring (bicyclic) bond motifs is 6. The molecule has 0 saturated heterocycles. The molecule has 162 valence electrons. The first-order chi connectivity index (χ1) is 16.7. The first-order valence-electron chi connectivity index (χ1n) is 11.8. The molecule has 0 bridgehead atoms. The fraction of sp³-hybridized carbons (Fsp3) is 0.0625.